The van der Waals surface area contributed by atoms with Gasteiger partial charge in [0.2, 0.25) is 0 Å². The molecule has 0 unspecified atom stereocenters. The van der Waals surface area contributed by atoms with Gasteiger partial charge in [-0.2, -0.15) is 0 Å². The number of ketones is 1. The summed E-state index contributed by atoms with van der Waals surface area (Å²) in [6.45, 7) is 0.875. The first-order chi connectivity index (χ1) is 13.2. The van der Waals surface area contributed by atoms with Gasteiger partial charge in [0.15, 0.2) is 10.8 Å². The molecule has 1 atom stereocenters. The van der Waals surface area contributed by atoms with Gasteiger partial charge in [-0.15, -0.1) is 11.3 Å². The number of Topliss-reactive ketones (excluding diaryl/α,β-unsaturated/α-hetero) is 1. The van der Waals surface area contributed by atoms with E-state index in [-0.39, 0.29) is 24.5 Å². The first-order valence-corrected chi connectivity index (χ1v) is 9.88. The van der Waals surface area contributed by atoms with Crippen molar-refractivity contribution in [2.24, 2.45) is 0 Å². The largest absolute Gasteiger partial charge is 0.445 e. The van der Waals surface area contributed by atoms with E-state index in [2.05, 4.69) is 4.98 Å². The Hall–Kier alpha value is -2.73. The zero-order valence-corrected chi connectivity index (χ0v) is 15.7. The van der Waals surface area contributed by atoms with E-state index in [1.165, 1.54) is 11.3 Å². The van der Waals surface area contributed by atoms with Gasteiger partial charge in [-0.3, -0.25) is 4.79 Å². The van der Waals surface area contributed by atoms with Crippen LogP contribution < -0.4 is 0 Å². The molecule has 1 aliphatic rings. The summed E-state index contributed by atoms with van der Waals surface area (Å²) in [7, 11) is 0. The highest BCUT2D eigenvalue weighted by atomic mass is 32.1. The Morgan fingerprint density at radius 2 is 1.89 bits per heavy atom. The van der Waals surface area contributed by atoms with E-state index >= 15 is 0 Å². The number of likely N-dealkylation sites (tertiary alicyclic amines) is 1. The molecule has 0 spiro atoms. The average Bonchev–Trinajstić information content (AvgIpc) is 3.33. The SMILES string of the molecule is O=C(C[C@@H]1CCCN1C(=O)OCc1ccccc1)c1nc2ccccc2s1. The molecule has 0 bridgehead atoms. The minimum absolute atomic E-state index is 0.0102. The van der Waals surface area contributed by atoms with Crippen molar-refractivity contribution in [1.29, 1.82) is 0 Å². The molecule has 27 heavy (non-hydrogen) atoms. The number of carbonyl (C=O) groups is 2. The summed E-state index contributed by atoms with van der Waals surface area (Å²) >= 11 is 1.41. The van der Waals surface area contributed by atoms with E-state index in [0.717, 1.165) is 28.6 Å². The number of nitrogens with zero attached hydrogens (tertiary/aromatic N) is 2. The zero-order chi connectivity index (χ0) is 18.6. The summed E-state index contributed by atoms with van der Waals surface area (Å²) in [4.78, 5) is 31.3. The predicted octanol–water partition coefficient (Wildman–Crippen LogP) is 4.67. The lowest BCUT2D eigenvalue weighted by molar-refractivity contribution is 0.0832. The monoisotopic (exact) mass is 380 g/mol. The second-order valence-electron chi connectivity index (χ2n) is 6.64. The molecule has 0 saturated carbocycles. The predicted molar refractivity (Wildman–Crippen MR) is 105 cm³/mol. The molecule has 0 radical (unpaired) electrons. The zero-order valence-electron chi connectivity index (χ0n) is 14.8. The summed E-state index contributed by atoms with van der Waals surface area (Å²) in [6, 6.07) is 17.2. The molecule has 1 saturated heterocycles. The van der Waals surface area contributed by atoms with Crippen LogP contribution in [0.25, 0.3) is 10.2 Å². The van der Waals surface area contributed by atoms with Crippen molar-refractivity contribution < 1.29 is 14.3 Å². The van der Waals surface area contributed by atoms with Gasteiger partial charge in [0, 0.05) is 19.0 Å². The maximum atomic E-state index is 12.7. The second kappa shape index (κ2) is 7.88. The van der Waals surface area contributed by atoms with Crippen LogP contribution in [-0.2, 0) is 11.3 Å². The van der Waals surface area contributed by atoms with Gasteiger partial charge in [0.05, 0.1) is 10.2 Å². The summed E-state index contributed by atoms with van der Waals surface area (Å²) in [5.41, 5.74) is 1.79. The quantitative estimate of drug-likeness (QED) is 0.604. The molecule has 0 aliphatic carbocycles. The van der Waals surface area contributed by atoms with Gasteiger partial charge in [-0.25, -0.2) is 9.78 Å². The molecule has 138 valence electrons. The fourth-order valence-corrected chi connectivity index (χ4v) is 4.30. The maximum absolute atomic E-state index is 12.7. The van der Waals surface area contributed by atoms with Gasteiger partial charge in [-0.1, -0.05) is 42.5 Å². The Balaban J connectivity index is 1.38. The van der Waals surface area contributed by atoms with Crippen LogP contribution in [0.1, 0.15) is 34.6 Å². The standard InChI is InChI=1S/C21H20N2O3S/c24-18(20-22-17-10-4-5-11-19(17)27-20)13-16-9-6-12-23(16)21(25)26-14-15-7-2-1-3-8-15/h1-5,7-8,10-11,16H,6,9,12-14H2/t16-/m0/s1. The highest BCUT2D eigenvalue weighted by Crippen LogP contribution is 2.26. The average molecular weight is 380 g/mol. The van der Waals surface area contributed by atoms with Crippen LogP contribution in [0.3, 0.4) is 0 Å². The molecule has 0 N–H and O–H groups in total. The number of thiazole rings is 1. The molecule has 2 heterocycles. The van der Waals surface area contributed by atoms with Crippen molar-refractivity contribution in [1.82, 2.24) is 9.88 Å². The summed E-state index contributed by atoms with van der Waals surface area (Å²) in [5, 5.41) is 0.515. The molecule has 4 rings (SSSR count). The van der Waals surface area contributed by atoms with Crippen molar-refractivity contribution in [2.75, 3.05) is 6.54 Å². The minimum Gasteiger partial charge on any atom is -0.445 e. The molecule has 1 amide bonds. The number of fused-ring (bicyclic) bond motifs is 1. The van der Waals surface area contributed by atoms with Crippen LogP contribution in [0, 0.1) is 0 Å². The maximum Gasteiger partial charge on any atom is 0.410 e. The molecule has 1 aliphatic heterocycles. The third-order valence-electron chi connectivity index (χ3n) is 4.77. The van der Waals surface area contributed by atoms with E-state index in [9.17, 15) is 9.59 Å². The molecule has 5 nitrogen and oxygen atoms in total. The lowest BCUT2D eigenvalue weighted by Gasteiger charge is -2.23. The number of hydrogen-bond acceptors (Lipinski definition) is 5. The van der Waals surface area contributed by atoms with Gasteiger partial charge in [0.25, 0.3) is 0 Å². The van der Waals surface area contributed by atoms with Gasteiger partial charge in [0.1, 0.15) is 6.61 Å². The number of benzene rings is 2. The Kier molecular flexibility index (Phi) is 5.16. The summed E-state index contributed by atoms with van der Waals surface area (Å²) < 4.78 is 6.45. The normalized spacial score (nSPS) is 16.6. The van der Waals surface area contributed by atoms with Crippen LogP contribution in [0.2, 0.25) is 0 Å². The van der Waals surface area contributed by atoms with Crippen molar-refractivity contribution >= 4 is 33.4 Å². The van der Waals surface area contributed by atoms with E-state index in [1.54, 1.807) is 4.90 Å². The molecule has 1 aromatic heterocycles. The van der Waals surface area contributed by atoms with Gasteiger partial charge >= 0.3 is 6.09 Å². The highest BCUT2D eigenvalue weighted by molar-refractivity contribution is 7.20. The van der Waals surface area contributed by atoms with E-state index in [1.807, 2.05) is 54.6 Å². The summed E-state index contributed by atoms with van der Waals surface area (Å²) in [5.74, 6) is -0.0102. The number of carbonyl (C=O) groups excluding carboxylic acids is 2. The van der Waals surface area contributed by atoms with Crippen molar-refractivity contribution in [2.45, 2.75) is 31.9 Å². The molecular weight excluding hydrogens is 360 g/mol. The summed E-state index contributed by atoms with van der Waals surface area (Å²) in [6.07, 6.45) is 1.65. The minimum atomic E-state index is -0.349. The molecule has 2 aromatic carbocycles. The van der Waals surface area contributed by atoms with E-state index in [4.69, 9.17) is 4.74 Å². The number of rotatable bonds is 5. The number of ether oxygens (including phenoxy) is 1. The van der Waals surface area contributed by atoms with Crippen LogP contribution in [0.15, 0.2) is 54.6 Å². The van der Waals surface area contributed by atoms with Crippen LogP contribution >= 0.6 is 11.3 Å². The topological polar surface area (TPSA) is 59.5 Å². The smallest absolute Gasteiger partial charge is 0.410 e. The van der Waals surface area contributed by atoms with Crippen molar-refractivity contribution in [3.05, 3.63) is 65.2 Å². The fourth-order valence-electron chi connectivity index (χ4n) is 3.38. The molecule has 1 fully saturated rings. The Morgan fingerprint density at radius 1 is 1.11 bits per heavy atom. The number of aromatic nitrogens is 1. The van der Waals surface area contributed by atoms with Crippen molar-refractivity contribution in [3.63, 3.8) is 0 Å². The highest BCUT2D eigenvalue weighted by Gasteiger charge is 2.32. The number of amides is 1. The van der Waals surface area contributed by atoms with Gasteiger partial charge < -0.3 is 9.64 Å². The third-order valence-corrected chi connectivity index (χ3v) is 5.85. The third kappa shape index (κ3) is 4.01. The Morgan fingerprint density at radius 3 is 2.70 bits per heavy atom. The molecule has 6 heteroatoms. The first kappa shape index (κ1) is 17.7. The number of para-hydroxylation sites is 1. The van der Waals surface area contributed by atoms with Crippen molar-refractivity contribution in [3.8, 4) is 0 Å². The van der Waals surface area contributed by atoms with Crippen LogP contribution in [0.4, 0.5) is 4.79 Å². The molecular formula is C21H20N2O3S. The van der Waals surface area contributed by atoms with Crippen LogP contribution in [0.5, 0.6) is 0 Å². The Bertz CT molecular complexity index is 921. The fraction of sp³-hybridized carbons (Fsp3) is 0.286. The molecule has 3 aromatic rings. The first-order valence-electron chi connectivity index (χ1n) is 9.07. The van der Waals surface area contributed by atoms with Gasteiger partial charge in [-0.05, 0) is 30.5 Å². The Labute approximate surface area is 161 Å². The lowest BCUT2D eigenvalue weighted by atomic mass is 10.1. The number of hydrogen-bond donors (Lipinski definition) is 0. The van der Waals surface area contributed by atoms with E-state index < -0.39 is 0 Å². The van der Waals surface area contributed by atoms with Crippen LogP contribution in [-0.4, -0.2) is 34.3 Å². The van der Waals surface area contributed by atoms with E-state index in [0.29, 0.717) is 18.0 Å². The lowest BCUT2D eigenvalue weighted by Crippen LogP contribution is -2.37. The second-order valence-corrected chi connectivity index (χ2v) is 7.67.